The van der Waals surface area contributed by atoms with Gasteiger partial charge in [0.05, 0.1) is 4.47 Å². The van der Waals surface area contributed by atoms with Crippen molar-refractivity contribution in [1.29, 1.82) is 0 Å². The molecule has 0 bridgehead atoms. The largest absolute Gasteiger partial charge is 0.490 e. The molecule has 110 valence electrons. The van der Waals surface area contributed by atoms with Crippen molar-refractivity contribution in [2.24, 2.45) is 0 Å². The molecule has 0 aromatic heterocycles. The summed E-state index contributed by atoms with van der Waals surface area (Å²) in [7, 11) is 0. The molecule has 2 atom stereocenters. The van der Waals surface area contributed by atoms with E-state index in [1.165, 1.54) is 5.56 Å². The van der Waals surface area contributed by atoms with E-state index in [0.29, 0.717) is 19.2 Å². The standard InChI is InChI=1S/C16H22BrNO2/c1-12-7-8-16(15(17)9-12)20-11-14(19)10-18-13-5-3-2-4-6-13/h2-3,7-9,13-14,18-19H,4-6,10-11H2,1H3. The van der Waals surface area contributed by atoms with E-state index in [4.69, 9.17) is 4.74 Å². The van der Waals surface area contributed by atoms with Crippen molar-refractivity contribution < 1.29 is 9.84 Å². The predicted octanol–water partition coefficient (Wildman–Crippen LogP) is 3.20. The molecule has 3 nitrogen and oxygen atoms in total. The number of allylic oxidation sites excluding steroid dienone is 1. The number of hydrogen-bond donors (Lipinski definition) is 2. The van der Waals surface area contributed by atoms with Crippen molar-refractivity contribution in [3.05, 3.63) is 40.4 Å². The summed E-state index contributed by atoms with van der Waals surface area (Å²) in [6.45, 7) is 2.91. The van der Waals surface area contributed by atoms with Gasteiger partial charge in [-0.25, -0.2) is 0 Å². The molecule has 20 heavy (non-hydrogen) atoms. The Morgan fingerprint density at radius 2 is 2.30 bits per heavy atom. The second kappa shape index (κ2) is 7.81. The van der Waals surface area contributed by atoms with Gasteiger partial charge in [0.2, 0.25) is 0 Å². The van der Waals surface area contributed by atoms with Crippen molar-refractivity contribution in [2.45, 2.75) is 38.3 Å². The van der Waals surface area contributed by atoms with Gasteiger partial charge >= 0.3 is 0 Å². The van der Waals surface area contributed by atoms with Crippen molar-refractivity contribution in [3.63, 3.8) is 0 Å². The van der Waals surface area contributed by atoms with Gasteiger partial charge in [0.25, 0.3) is 0 Å². The van der Waals surface area contributed by atoms with Crippen LogP contribution in [-0.2, 0) is 0 Å². The molecule has 0 aliphatic heterocycles. The maximum absolute atomic E-state index is 9.97. The molecule has 0 saturated heterocycles. The first-order valence-corrected chi connectivity index (χ1v) is 7.90. The number of aliphatic hydroxyl groups excluding tert-OH is 1. The van der Waals surface area contributed by atoms with Gasteiger partial charge in [-0.15, -0.1) is 0 Å². The number of hydrogen-bond acceptors (Lipinski definition) is 3. The molecule has 4 heteroatoms. The van der Waals surface area contributed by atoms with Crippen molar-refractivity contribution in [1.82, 2.24) is 5.32 Å². The second-order valence-corrected chi connectivity index (χ2v) is 6.14. The molecule has 0 saturated carbocycles. The Morgan fingerprint density at radius 3 is 3.00 bits per heavy atom. The van der Waals surface area contributed by atoms with Gasteiger partial charge in [-0.1, -0.05) is 18.2 Å². The average Bonchev–Trinajstić information content (AvgIpc) is 2.45. The Labute approximate surface area is 129 Å². The van der Waals surface area contributed by atoms with E-state index >= 15 is 0 Å². The molecule has 0 spiro atoms. The number of ether oxygens (including phenoxy) is 1. The third-order valence-electron chi connectivity index (χ3n) is 3.43. The highest BCUT2D eigenvalue weighted by atomic mass is 79.9. The highest BCUT2D eigenvalue weighted by molar-refractivity contribution is 9.10. The number of nitrogens with one attached hydrogen (secondary N) is 1. The van der Waals surface area contributed by atoms with Crippen molar-refractivity contribution >= 4 is 15.9 Å². The SMILES string of the molecule is Cc1ccc(OCC(O)CNC2CC=CCC2)c(Br)c1. The minimum absolute atomic E-state index is 0.303. The van der Waals surface area contributed by atoms with E-state index in [0.717, 1.165) is 29.5 Å². The normalized spacial score (nSPS) is 19.9. The first-order valence-electron chi connectivity index (χ1n) is 7.10. The van der Waals surface area contributed by atoms with Crippen LogP contribution in [0.2, 0.25) is 0 Å². The first kappa shape index (κ1) is 15.5. The Morgan fingerprint density at radius 1 is 1.45 bits per heavy atom. The Balaban J connectivity index is 1.71. The summed E-state index contributed by atoms with van der Waals surface area (Å²) >= 11 is 3.47. The van der Waals surface area contributed by atoms with Crippen LogP contribution in [0.5, 0.6) is 5.75 Å². The van der Waals surface area contributed by atoms with Crippen LogP contribution in [0.4, 0.5) is 0 Å². The Hall–Kier alpha value is -0.840. The number of benzene rings is 1. The van der Waals surface area contributed by atoms with Gasteiger partial charge in [-0.3, -0.25) is 0 Å². The van der Waals surface area contributed by atoms with E-state index in [1.54, 1.807) is 0 Å². The number of rotatable bonds is 6. The van der Waals surface area contributed by atoms with E-state index in [-0.39, 0.29) is 0 Å². The Kier molecular flexibility index (Phi) is 6.07. The molecule has 1 aliphatic carbocycles. The highest BCUT2D eigenvalue weighted by Gasteiger charge is 2.12. The van der Waals surface area contributed by atoms with E-state index < -0.39 is 6.10 Å². The van der Waals surface area contributed by atoms with E-state index in [9.17, 15) is 5.11 Å². The lowest BCUT2D eigenvalue weighted by Crippen LogP contribution is -2.38. The first-order chi connectivity index (χ1) is 9.65. The smallest absolute Gasteiger partial charge is 0.133 e. The van der Waals surface area contributed by atoms with Crippen LogP contribution in [0.15, 0.2) is 34.8 Å². The van der Waals surface area contributed by atoms with Crippen LogP contribution in [0.1, 0.15) is 24.8 Å². The second-order valence-electron chi connectivity index (χ2n) is 5.29. The zero-order valence-electron chi connectivity index (χ0n) is 11.8. The molecule has 2 unspecified atom stereocenters. The van der Waals surface area contributed by atoms with Gasteiger partial charge in [0.1, 0.15) is 18.5 Å². The zero-order chi connectivity index (χ0) is 14.4. The topological polar surface area (TPSA) is 41.5 Å². The molecule has 0 radical (unpaired) electrons. The minimum atomic E-state index is -0.492. The summed E-state index contributed by atoms with van der Waals surface area (Å²) < 4.78 is 6.57. The van der Waals surface area contributed by atoms with E-state index in [1.807, 2.05) is 25.1 Å². The number of aryl methyl sites for hydroxylation is 1. The van der Waals surface area contributed by atoms with Crippen LogP contribution in [0.25, 0.3) is 0 Å². The fraction of sp³-hybridized carbons (Fsp3) is 0.500. The van der Waals surface area contributed by atoms with Crippen LogP contribution in [0.3, 0.4) is 0 Å². The molecule has 1 aromatic carbocycles. The molecular formula is C16H22BrNO2. The molecule has 0 fully saturated rings. The quantitative estimate of drug-likeness (QED) is 0.782. The third-order valence-corrected chi connectivity index (χ3v) is 4.05. The third kappa shape index (κ3) is 4.93. The van der Waals surface area contributed by atoms with Gasteiger partial charge in [0, 0.05) is 12.6 Å². The van der Waals surface area contributed by atoms with Crippen LogP contribution >= 0.6 is 15.9 Å². The molecule has 0 heterocycles. The average molecular weight is 340 g/mol. The lowest BCUT2D eigenvalue weighted by molar-refractivity contribution is 0.103. The maximum Gasteiger partial charge on any atom is 0.133 e. The van der Waals surface area contributed by atoms with Crippen molar-refractivity contribution in [3.8, 4) is 5.75 Å². The lowest BCUT2D eigenvalue weighted by atomic mass is 10.0. The monoisotopic (exact) mass is 339 g/mol. The fourth-order valence-electron chi connectivity index (χ4n) is 2.25. The van der Waals surface area contributed by atoms with Gasteiger partial charge in [-0.2, -0.15) is 0 Å². The molecule has 2 N–H and O–H groups in total. The minimum Gasteiger partial charge on any atom is -0.490 e. The van der Waals surface area contributed by atoms with E-state index in [2.05, 4.69) is 33.4 Å². The summed E-state index contributed by atoms with van der Waals surface area (Å²) in [6.07, 6.45) is 7.25. The summed E-state index contributed by atoms with van der Waals surface area (Å²) in [5.74, 6) is 0.773. The van der Waals surface area contributed by atoms with Crippen LogP contribution < -0.4 is 10.1 Å². The van der Waals surface area contributed by atoms with Gasteiger partial charge in [0.15, 0.2) is 0 Å². The predicted molar refractivity (Wildman–Crippen MR) is 85.2 cm³/mol. The maximum atomic E-state index is 9.97. The molecule has 1 aromatic rings. The van der Waals surface area contributed by atoms with Crippen LogP contribution in [-0.4, -0.2) is 30.4 Å². The molecular weight excluding hydrogens is 318 g/mol. The molecule has 2 rings (SSSR count). The summed E-state index contributed by atoms with van der Waals surface area (Å²) in [4.78, 5) is 0. The molecule has 0 amide bonds. The summed E-state index contributed by atoms with van der Waals surface area (Å²) in [5.41, 5.74) is 1.18. The van der Waals surface area contributed by atoms with Crippen molar-refractivity contribution in [2.75, 3.05) is 13.2 Å². The summed E-state index contributed by atoms with van der Waals surface area (Å²) in [5, 5.41) is 13.4. The number of aliphatic hydroxyl groups is 1. The van der Waals surface area contributed by atoms with Gasteiger partial charge in [-0.05, 0) is 59.8 Å². The summed E-state index contributed by atoms with van der Waals surface area (Å²) in [6, 6.07) is 6.42. The van der Waals surface area contributed by atoms with Crippen LogP contribution in [0, 0.1) is 6.92 Å². The molecule has 1 aliphatic rings. The fourth-order valence-corrected chi connectivity index (χ4v) is 2.86. The van der Waals surface area contributed by atoms with Gasteiger partial charge < -0.3 is 15.2 Å². The Bertz CT molecular complexity index is 462. The highest BCUT2D eigenvalue weighted by Crippen LogP contribution is 2.25. The lowest BCUT2D eigenvalue weighted by Gasteiger charge is -2.21. The zero-order valence-corrected chi connectivity index (χ0v) is 13.4. The number of halogens is 1.